The van der Waals surface area contributed by atoms with Crippen LogP contribution in [0.1, 0.15) is 29.5 Å². The minimum Gasteiger partial charge on any atom is -0.493 e. The fourth-order valence-corrected chi connectivity index (χ4v) is 3.89. The summed E-state index contributed by atoms with van der Waals surface area (Å²) >= 11 is 6.47. The van der Waals surface area contributed by atoms with Gasteiger partial charge in [0.2, 0.25) is 0 Å². The molecule has 102 valence electrons. The Labute approximate surface area is 118 Å². The van der Waals surface area contributed by atoms with E-state index in [1.807, 2.05) is 0 Å². The maximum absolute atomic E-state index is 6.47. The fourth-order valence-electron chi connectivity index (χ4n) is 3.54. The van der Waals surface area contributed by atoms with Crippen molar-refractivity contribution in [1.29, 1.82) is 0 Å². The molecule has 3 aliphatic rings. The Morgan fingerprint density at radius 1 is 1.11 bits per heavy atom. The third kappa shape index (κ3) is 1.83. The van der Waals surface area contributed by atoms with Crippen LogP contribution in [0.3, 0.4) is 0 Å². The molecule has 3 aliphatic heterocycles. The maximum atomic E-state index is 6.47. The van der Waals surface area contributed by atoms with Crippen LogP contribution in [0.4, 0.5) is 0 Å². The number of benzene rings is 1. The van der Waals surface area contributed by atoms with E-state index < -0.39 is 0 Å². The van der Waals surface area contributed by atoms with E-state index in [1.54, 1.807) is 0 Å². The SMILES string of the molecule is Clc1c2c(c(CC3CCCN3)c3c1OCC3)OCC2. The molecule has 1 saturated heterocycles. The molecule has 3 heterocycles. The smallest absolute Gasteiger partial charge is 0.142 e. The van der Waals surface area contributed by atoms with Crippen molar-refractivity contribution < 1.29 is 9.47 Å². The Kier molecular flexibility index (Phi) is 2.85. The van der Waals surface area contributed by atoms with Gasteiger partial charge in [0.25, 0.3) is 0 Å². The Morgan fingerprint density at radius 2 is 1.89 bits per heavy atom. The van der Waals surface area contributed by atoms with Crippen LogP contribution in [-0.4, -0.2) is 25.8 Å². The molecule has 0 aromatic heterocycles. The fraction of sp³-hybridized carbons (Fsp3) is 0.600. The highest BCUT2D eigenvalue weighted by atomic mass is 35.5. The zero-order valence-electron chi connectivity index (χ0n) is 10.9. The highest BCUT2D eigenvalue weighted by Gasteiger charge is 2.31. The van der Waals surface area contributed by atoms with Gasteiger partial charge in [-0.25, -0.2) is 0 Å². The quantitative estimate of drug-likeness (QED) is 0.902. The second-order valence-electron chi connectivity index (χ2n) is 5.60. The summed E-state index contributed by atoms with van der Waals surface area (Å²) in [5, 5.41) is 4.37. The van der Waals surface area contributed by atoms with E-state index in [0.717, 1.165) is 61.1 Å². The van der Waals surface area contributed by atoms with Crippen molar-refractivity contribution in [3.05, 3.63) is 21.7 Å². The molecule has 1 aromatic rings. The molecule has 4 rings (SSSR count). The van der Waals surface area contributed by atoms with Gasteiger partial charge in [0, 0.05) is 35.6 Å². The van der Waals surface area contributed by atoms with E-state index in [9.17, 15) is 0 Å². The van der Waals surface area contributed by atoms with Gasteiger partial charge >= 0.3 is 0 Å². The minimum absolute atomic E-state index is 0.583. The van der Waals surface area contributed by atoms with Crippen LogP contribution in [-0.2, 0) is 19.3 Å². The van der Waals surface area contributed by atoms with Gasteiger partial charge in [-0.2, -0.15) is 0 Å². The Hall–Kier alpha value is -0.930. The highest BCUT2D eigenvalue weighted by molar-refractivity contribution is 6.33. The number of hydrogen-bond acceptors (Lipinski definition) is 3. The van der Waals surface area contributed by atoms with Crippen LogP contribution in [0, 0.1) is 0 Å². The van der Waals surface area contributed by atoms with Gasteiger partial charge in [0.15, 0.2) is 0 Å². The first-order valence-corrected chi connectivity index (χ1v) is 7.57. The largest absolute Gasteiger partial charge is 0.493 e. The zero-order chi connectivity index (χ0) is 12.8. The van der Waals surface area contributed by atoms with Crippen LogP contribution in [0.5, 0.6) is 11.5 Å². The molecule has 0 radical (unpaired) electrons. The Bertz CT molecular complexity index is 488. The number of halogens is 1. The molecule has 0 aliphatic carbocycles. The summed E-state index contributed by atoms with van der Waals surface area (Å²) in [4.78, 5) is 0. The topological polar surface area (TPSA) is 30.5 Å². The van der Waals surface area contributed by atoms with E-state index in [0.29, 0.717) is 6.04 Å². The van der Waals surface area contributed by atoms with Gasteiger partial charge < -0.3 is 14.8 Å². The van der Waals surface area contributed by atoms with Crippen LogP contribution in [0.25, 0.3) is 0 Å². The lowest BCUT2D eigenvalue weighted by Crippen LogP contribution is -2.24. The standard InChI is InChI=1S/C15H18ClNO2/c16-13-11-4-7-18-14(11)12(8-9-2-1-5-17-9)10-3-6-19-15(10)13/h9,17H,1-8H2. The Balaban J connectivity index is 1.80. The summed E-state index contributed by atoms with van der Waals surface area (Å²) in [7, 11) is 0. The monoisotopic (exact) mass is 279 g/mol. The van der Waals surface area contributed by atoms with E-state index in [2.05, 4.69) is 5.32 Å². The van der Waals surface area contributed by atoms with Gasteiger partial charge in [-0.1, -0.05) is 11.6 Å². The molecule has 1 atom stereocenters. The van der Waals surface area contributed by atoms with Crippen LogP contribution in [0.15, 0.2) is 0 Å². The molecule has 1 aromatic carbocycles. The summed E-state index contributed by atoms with van der Waals surface area (Å²) in [6.45, 7) is 2.64. The van der Waals surface area contributed by atoms with Gasteiger partial charge in [0.05, 0.1) is 18.2 Å². The zero-order valence-corrected chi connectivity index (χ0v) is 11.7. The van der Waals surface area contributed by atoms with Crippen molar-refractivity contribution in [3.63, 3.8) is 0 Å². The second-order valence-corrected chi connectivity index (χ2v) is 5.98. The molecule has 19 heavy (non-hydrogen) atoms. The van der Waals surface area contributed by atoms with E-state index in [-0.39, 0.29) is 0 Å². The Morgan fingerprint density at radius 3 is 2.68 bits per heavy atom. The van der Waals surface area contributed by atoms with Crippen molar-refractivity contribution in [3.8, 4) is 11.5 Å². The van der Waals surface area contributed by atoms with Gasteiger partial charge in [-0.05, 0) is 25.8 Å². The molecule has 0 amide bonds. The first-order valence-electron chi connectivity index (χ1n) is 7.19. The summed E-state index contributed by atoms with van der Waals surface area (Å²) in [5.74, 6) is 1.99. The number of rotatable bonds is 2. The van der Waals surface area contributed by atoms with Gasteiger partial charge in [-0.15, -0.1) is 0 Å². The molecule has 0 saturated carbocycles. The highest BCUT2D eigenvalue weighted by Crippen LogP contribution is 2.47. The normalized spacial score (nSPS) is 23.9. The molecule has 1 fully saturated rings. The minimum atomic E-state index is 0.583. The average molecular weight is 280 g/mol. The van der Waals surface area contributed by atoms with Crippen molar-refractivity contribution in [2.24, 2.45) is 0 Å². The van der Waals surface area contributed by atoms with Crippen LogP contribution in [0.2, 0.25) is 5.02 Å². The molecular formula is C15H18ClNO2. The van der Waals surface area contributed by atoms with Crippen molar-refractivity contribution in [2.45, 2.75) is 38.1 Å². The summed E-state index contributed by atoms with van der Waals surface area (Å²) < 4.78 is 11.6. The van der Waals surface area contributed by atoms with Gasteiger partial charge in [-0.3, -0.25) is 0 Å². The molecule has 4 heteroatoms. The van der Waals surface area contributed by atoms with Gasteiger partial charge in [0.1, 0.15) is 11.5 Å². The first kappa shape index (κ1) is 11.9. The maximum Gasteiger partial charge on any atom is 0.142 e. The van der Waals surface area contributed by atoms with Crippen molar-refractivity contribution >= 4 is 11.6 Å². The third-order valence-corrected chi connectivity index (χ3v) is 4.86. The van der Waals surface area contributed by atoms with Crippen LogP contribution >= 0.6 is 11.6 Å². The predicted molar refractivity (Wildman–Crippen MR) is 74.6 cm³/mol. The summed E-state index contributed by atoms with van der Waals surface area (Å²) in [6, 6.07) is 0.583. The molecular weight excluding hydrogens is 262 g/mol. The lowest BCUT2D eigenvalue weighted by molar-refractivity contribution is 0.351. The molecule has 0 spiro atoms. The second kappa shape index (κ2) is 4.57. The first-order chi connectivity index (χ1) is 9.34. The molecule has 3 nitrogen and oxygen atoms in total. The van der Waals surface area contributed by atoms with E-state index in [4.69, 9.17) is 21.1 Å². The molecule has 0 bridgehead atoms. The lowest BCUT2D eigenvalue weighted by atomic mass is 9.94. The number of ether oxygens (including phenoxy) is 2. The van der Waals surface area contributed by atoms with Crippen molar-refractivity contribution in [2.75, 3.05) is 19.8 Å². The molecule has 1 N–H and O–H groups in total. The average Bonchev–Trinajstić information content (AvgIpc) is 3.13. The third-order valence-electron chi connectivity index (χ3n) is 4.46. The summed E-state index contributed by atoms with van der Waals surface area (Å²) in [6.07, 6.45) is 5.46. The molecule has 1 unspecified atom stereocenters. The van der Waals surface area contributed by atoms with Crippen molar-refractivity contribution in [1.82, 2.24) is 5.32 Å². The number of fused-ring (bicyclic) bond motifs is 2. The number of hydrogen-bond donors (Lipinski definition) is 1. The lowest BCUT2D eigenvalue weighted by Gasteiger charge is -2.17. The predicted octanol–water partition coefficient (Wildman–Crippen LogP) is 2.50. The van der Waals surface area contributed by atoms with E-state index in [1.165, 1.54) is 24.0 Å². The van der Waals surface area contributed by atoms with Crippen LogP contribution < -0.4 is 14.8 Å². The van der Waals surface area contributed by atoms with E-state index >= 15 is 0 Å². The summed E-state index contributed by atoms with van der Waals surface area (Å²) in [5.41, 5.74) is 3.80. The number of nitrogens with one attached hydrogen (secondary N) is 1.